The van der Waals surface area contributed by atoms with E-state index in [4.69, 9.17) is 0 Å². The summed E-state index contributed by atoms with van der Waals surface area (Å²) in [5, 5.41) is 0. The Morgan fingerprint density at radius 1 is 0.674 bits per heavy atom. The van der Waals surface area contributed by atoms with Crippen molar-refractivity contribution in [2.45, 2.75) is 75.3 Å². The minimum Gasteiger partial charge on any atom is -0.147 e. The molecule has 2 aliphatic carbocycles. The molecule has 0 heterocycles. The number of fused-ring (bicyclic) bond motifs is 3. The standard InChI is InChI=1S/C21H25.C15H12I2.C5H5.2ClH.Zr/c1-20(2,3)16-9-7-14-11-15-8-10-17(21(4,5)6)13-19(15)18(14)12-16;16-14-8-2-6-12(10-14)4-1-5-13-7-3-9-15(17)11-13;1-2-4-5-3-1;;;/h7-13H,1-6H3;2-3,6-11H,4-5H2;1-3H,4H2;2*1H;. The fraction of sp³-hybridized carbons (Fsp3) is 0.293. The average Bonchev–Trinajstić information content (AvgIpc) is 3.59. The Morgan fingerprint density at radius 2 is 1.15 bits per heavy atom. The summed E-state index contributed by atoms with van der Waals surface area (Å²) in [5.41, 5.74) is 12.1. The molecule has 0 radical (unpaired) electrons. The topological polar surface area (TPSA) is 0 Å². The predicted octanol–water partition coefficient (Wildman–Crippen LogP) is 12.5. The molecule has 4 aromatic carbocycles. The number of halogens is 4. The minimum atomic E-state index is -2.54. The molecule has 0 bridgehead atoms. The van der Waals surface area contributed by atoms with Crippen LogP contribution >= 0.6 is 70.0 Å². The number of benzene rings is 4. The first-order valence-corrected chi connectivity index (χ1v) is 21.8. The second-order valence-corrected chi connectivity index (χ2v) is 23.8. The van der Waals surface area contributed by atoms with Crippen LogP contribution in [0.5, 0.6) is 0 Å². The normalized spacial score (nSPS) is 13.8. The van der Waals surface area contributed by atoms with Gasteiger partial charge in [0.25, 0.3) is 0 Å². The van der Waals surface area contributed by atoms with Crippen LogP contribution < -0.4 is 0 Å². The van der Waals surface area contributed by atoms with Crippen LogP contribution in [0.2, 0.25) is 0 Å². The van der Waals surface area contributed by atoms with E-state index in [1.165, 1.54) is 40.5 Å². The number of hydrogen-bond donors (Lipinski definition) is 0. The molecule has 0 amide bonds. The maximum atomic E-state index is 2.54. The molecule has 46 heavy (non-hydrogen) atoms. The molecule has 240 valence electrons. The Hall–Kier alpha value is -0.847. The number of allylic oxidation sites excluding steroid dienone is 4. The summed E-state index contributed by atoms with van der Waals surface area (Å²) in [6.07, 6.45) is 10.5. The second-order valence-electron chi connectivity index (χ2n) is 14.5. The molecule has 0 atom stereocenters. The van der Waals surface area contributed by atoms with Crippen molar-refractivity contribution in [2.75, 3.05) is 0 Å². The number of rotatable bonds is 6. The van der Waals surface area contributed by atoms with Crippen LogP contribution in [-0.2, 0) is 44.9 Å². The van der Waals surface area contributed by atoms with Crippen molar-refractivity contribution in [1.82, 2.24) is 0 Å². The van der Waals surface area contributed by atoms with Gasteiger partial charge in [-0.1, -0.05) is 0 Å². The predicted molar refractivity (Wildman–Crippen MR) is 218 cm³/mol. The molecule has 0 aliphatic heterocycles. The third-order valence-corrected chi connectivity index (χ3v) is 18.8. The van der Waals surface area contributed by atoms with Gasteiger partial charge in [0.1, 0.15) is 0 Å². The molecular weight excluding hydrogens is 908 g/mol. The molecule has 4 aromatic rings. The summed E-state index contributed by atoms with van der Waals surface area (Å²) in [4.78, 5) is 0. The first-order chi connectivity index (χ1) is 20.9. The van der Waals surface area contributed by atoms with E-state index in [0.717, 1.165) is 19.3 Å². The van der Waals surface area contributed by atoms with Crippen LogP contribution in [0.4, 0.5) is 0 Å². The Bertz CT molecular complexity index is 1720. The third kappa shape index (κ3) is 8.29. The SMILES string of the molecule is CC(C)(C)c1ccc2c(c1)-c1cc(C(C)(C)C)ccc1[CH]2[Zr]([C]1=CC=CC1)=[C](Cc1cccc(I)c1)Cc1cccc(I)c1.Cl.Cl. The second kappa shape index (κ2) is 15.4. The Kier molecular flexibility index (Phi) is 12.7. The molecule has 0 unspecified atom stereocenters. The van der Waals surface area contributed by atoms with E-state index in [1.54, 1.807) is 17.6 Å². The summed E-state index contributed by atoms with van der Waals surface area (Å²) < 4.78 is 6.66. The van der Waals surface area contributed by atoms with E-state index in [9.17, 15) is 0 Å². The van der Waals surface area contributed by atoms with Crippen molar-refractivity contribution < 1.29 is 21.3 Å². The smallest absolute Gasteiger partial charge is 0.147 e. The summed E-state index contributed by atoms with van der Waals surface area (Å²) in [6, 6.07) is 33.4. The van der Waals surface area contributed by atoms with E-state index in [0.29, 0.717) is 3.63 Å². The molecule has 0 aromatic heterocycles. The van der Waals surface area contributed by atoms with E-state index >= 15 is 0 Å². The Balaban J connectivity index is 0.00000240. The zero-order chi connectivity index (χ0) is 31.2. The molecule has 0 spiro atoms. The van der Waals surface area contributed by atoms with Crippen LogP contribution in [0.15, 0.2) is 106 Å². The first-order valence-electron chi connectivity index (χ1n) is 15.7. The van der Waals surface area contributed by atoms with Gasteiger partial charge < -0.3 is 0 Å². The molecule has 2 aliphatic rings. The molecule has 0 saturated heterocycles. The molecule has 0 saturated carbocycles. The van der Waals surface area contributed by atoms with E-state index in [2.05, 4.69) is 190 Å². The first kappa shape index (κ1) is 38.0. The fourth-order valence-electron chi connectivity index (χ4n) is 6.80. The van der Waals surface area contributed by atoms with Gasteiger partial charge in [-0.05, 0) is 0 Å². The van der Waals surface area contributed by atoms with Gasteiger partial charge in [-0.25, -0.2) is 0 Å². The van der Waals surface area contributed by atoms with Crippen LogP contribution in [0.1, 0.15) is 85.0 Å². The summed E-state index contributed by atoms with van der Waals surface area (Å²) >= 11 is 2.41. The fourth-order valence-corrected chi connectivity index (χ4v) is 17.3. The van der Waals surface area contributed by atoms with Gasteiger partial charge in [0, 0.05) is 0 Å². The Morgan fingerprint density at radius 3 is 1.54 bits per heavy atom. The maximum absolute atomic E-state index is 2.54. The van der Waals surface area contributed by atoms with Gasteiger partial charge in [0.15, 0.2) is 0 Å². The molecule has 0 N–H and O–H groups in total. The number of hydrogen-bond acceptors (Lipinski definition) is 0. The molecule has 0 nitrogen and oxygen atoms in total. The van der Waals surface area contributed by atoms with Gasteiger partial charge in [0.05, 0.1) is 0 Å². The van der Waals surface area contributed by atoms with Gasteiger partial charge in [-0.3, -0.25) is 0 Å². The van der Waals surface area contributed by atoms with Crippen molar-refractivity contribution in [3.63, 3.8) is 0 Å². The maximum Gasteiger partial charge on any atom is -0.147 e. The van der Waals surface area contributed by atoms with Crippen molar-refractivity contribution >= 4 is 73.2 Å². The van der Waals surface area contributed by atoms with Crippen molar-refractivity contribution in [3.05, 3.63) is 147 Å². The third-order valence-electron chi connectivity index (χ3n) is 9.15. The molecule has 0 fully saturated rings. The van der Waals surface area contributed by atoms with Crippen LogP contribution in [0.3, 0.4) is 0 Å². The van der Waals surface area contributed by atoms with Crippen molar-refractivity contribution in [2.24, 2.45) is 0 Å². The van der Waals surface area contributed by atoms with Gasteiger partial charge in [0.2, 0.25) is 0 Å². The monoisotopic (exact) mass is 950 g/mol. The summed E-state index contributed by atoms with van der Waals surface area (Å²) in [5.74, 6) is 0. The van der Waals surface area contributed by atoms with Crippen LogP contribution in [0, 0.1) is 7.14 Å². The zero-order valence-corrected chi connectivity index (χ0v) is 36.0. The largest absolute Gasteiger partial charge is 0.147 e. The average molecular weight is 953 g/mol. The van der Waals surface area contributed by atoms with Crippen LogP contribution in [0.25, 0.3) is 11.1 Å². The zero-order valence-electron chi connectivity index (χ0n) is 27.6. The van der Waals surface area contributed by atoms with Crippen molar-refractivity contribution in [3.8, 4) is 11.1 Å². The summed E-state index contributed by atoms with van der Waals surface area (Å²) in [6.45, 7) is 14.1. The van der Waals surface area contributed by atoms with Gasteiger partial charge in [-0.15, -0.1) is 24.8 Å². The molecule has 6 rings (SSSR count). The van der Waals surface area contributed by atoms with Gasteiger partial charge >= 0.3 is 303 Å². The van der Waals surface area contributed by atoms with Gasteiger partial charge in [-0.2, -0.15) is 0 Å². The van der Waals surface area contributed by atoms with Crippen LogP contribution in [-0.4, -0.2) is 3.21 Å². The minimum absolute atomic E-state index is 0. The molecule has 5 heteroatoms. The summed E-state index contributed by atoms with van der Waals surface area (Å²) in [7, 11) is 0. The quantitative estimate of drug-likeness (QED) is 0.169. The van der Waals surface area contributed by atoms with Crippen molar-refractivity contribution in [1.29, 1.82) is 0 Å². The van der Waals surface area contributed by atoms with E-state index in [-0.39, 0.29) is 35.6 Å². The van der Waals surface area contributed by atoms with E-state index < -0.39 is 21.3 Å². The van der Waals surface area contributed by atoms with E-state index in [1.807, 2.05) is 0 Å². The molecular formula is C41H44Cl2I2Zr. The Labute approximate surface area is 324 Å².